The summed E-state index contributed by atoms with van der Waals surface area (Å²) < 4.78 is 86.8. The molecule has 0 aliphatic carbocycles. The summed E-state index contributed by atoms with van der Waals surface area (Å²) in [5.74, 6) is -20.7. The molecule has 26 N–H and O–H groups in total. The van der Waals surface area contributed by atoms with Crippen LogP contribution in [0.1, 0.15) is 0 Å². The lowest BCUT2D eigenvalue weighted by molar-refractivity contribution is -0.407. The zero-order valence-corrected chi connectivity index (χ0v) is 46.9. The molecule has 0 bridgehead atoms. The number of hydrogen-bond donors (Lipinski definition) is 26. The van der Waals surface area contributed by atoms with Gasteiger partial charge in [0.05, 0.1) is 52.9 Å². The average molecular weight is 1320 g/mol. The summed E-state index contributed by atoms with van der Waals surface area (Å²) in [5, 5.41) is 281. The van der Waals surface area contributed by atoms with Crippen LogP contribution >= 0.6 is 0 Å². The lowest BCUT2D eigenvalue weighted by Gasteiger charge is -2.45. The van der Waals surface area contributed by atoms with E-state index in [2.05, 4.69) is 0 Å². The minimum atomic E-state index is -3.08. The van der Waals surface area contributed by atoms with E-state index >= 15 is 0 Å². The second-order valence-corrected chi connectivity index (χ2v) is 22.8. The maximum Gasteiger partial charge on any atom is 0.224 e. The fourth-order valence-electron chi connectivity index (χ4n) is 11.7. The maximum absolute atomic E-state index is 11.8. The molecule has 0 saturated carbocycles. The van der Waals surface area contributed by atoms with E-state index in [1.165, 1.54) is 0 Å². The van der Waals surface area contributed by atoms with Crippen molar-refractivity contribution in [1.29, 1.82) is 0 Å². The molecule has 8 aliphatic rings. The fraction of sp³-hybridized carbons (Fsp3) is 1.00. The van der Waals surface area contributed by atoms with E-state index in [-0.39, 0.29) is 0 Å². The van der Waals surface area contributed by atoms with Crippen LogP contribution < -0.4 is 0 Å². The van der Waals surface area contributed by atoms with Crippen molar-refractivity contribution >= 4 is 0 Å². The zero-order chi connectivity index (χ0) is 65.7. The Balaban J connectivity index is 1.11. The first kappa shape index (κ1) is 73.2. The molecule has 8 saturated heterocycles. The molecule has 520 valence electrons. The summed E-state index contributed by atoms with van der Waals surface area (Å²) in [7, 11) is 0. The minimum absolute atomic E-state index is 0.932. The van der Waals surface area contributed by atoms with Gasteiger partial charge >= 0.3 is 0 Å². The second kappa shape index (κ2) is 28.6. The molecule has 0 spiro atoms. The molecule has 8 aliphatic heterocycles. The Morgan fingerprint density at radius 2 is 0.427 bits per heavy atom. The summed E-state index contributed by atoms with van der Waals surface area (Å²) in [5.41, 5.74) is 0. The third kappa shape index (κ3) is 13.0. The van der Waals surface area contributed by atoms with Crippen LogP contribution in [0.25, 0.3) is 0 Å². The van der Waals surface area contributed by atoms with Gasteiger partial charge in [0.15, 0.2) is 6.29 Å². The van der Waals surface area contributed by atoms with E-state index in [0.717, 1.165) is 0 Å². The molecule has 8 rings (SSSR count). The van der Waals surface area contributed by atoms with Gasteiger partial charge in [0.2, 0.25) is 40.5 Å². The molecule has 8 heterocycles. The monoisotopic (exact) mass is 1310 g/mol. The lowest BCUT2D eigenvalue weighted by Crippen LogP contribution is -2.64. The molecule has 0 radical (unpaired) electrons. The van der Waals surface area contributed by atoms with Gasteiger partial charge in [-0.3, -0.25) is 0 Å². The molecule has 41 heteroatoms. The Morgan fingerprint density at radius 1 is 0.225 bits per heavy atom. The van der Waals surface area contributed by atoms with Crippen molar-refractivity contribution in [2.75, 3.05) is 99.1 Å². The lowest BCUT2D eigenvalue weighted by atomic mass is 9.99. The van der Waals surface area contributed by atoms with E-state index in [4.69, 9.17) is 71.1 Å². The number of rotatable bonds is 29. The van der Waals surface area contributed by atoms with E-state index in [0.29, 0.717) is 0 Å². The predicted octanol–water partition coefficient (Wildman–Crippen LogP) is -18.4. The highest BCUT2D eigenvalue weighted by molar-refractivity contribution is 5.07. The molecule has 0 aromatic carbocycles. The van der Waals surface area contributed by atoms with Crippen molar-refractivity contribution in [3.8, 4) is 0 Å². The Labute approximate surface area is 501 Å². The third-order valence-electron chi connectivity index (χ3n) is 17.3. The smallest absolute Gasteiger partial charge is 0.224 e. The Kier molecular flexibility index (Phi) is 23.5. The standard InChI is InChI=1S/C48H82O41/c49-1-16-24(58)32(66)33(67)41(81-16)89-48(40(74)31(65)23(8-56)88-48)15-80-47(39(73)30(64)22(7-55)87-47)14-79-46(38(72)29(63)21(6-54)86-46)13-78-45(37(71)28(62)20(5-53)85-45)12-77-44(36(70)27(61)19(4-52)84-44)11-76-43(35(69)26(60)18(3-51)83-43)10-75-42(9-57)34(68)25(59)17(2-50)82-42/h16-41,49-74H,1-15H2/t16-,17-,18-,19-,20-,21-,22-,23-,24-,25-,26-,27-,28-,29-,30-,31-,32+,33-,34+,35+,36+,37+,38+,39+,40+,41-,42-,43-,44-,45-,46-,47-,48+/m1/s1. The molecule has 89 heavy (non-hydrogen) atoms. The molecular weight excluding hydrogens is 1230 g/mol. The summed E-state index contributed by atoms with van der Waals surface area (Å²) in [6.07, 6.45) is -54.4. The van der Waals surface area contributed by atoms with Gasteiger partial charge in [0.25, 0.3) is 0 Å². The maximum atomic E-state index is 11.8. The van der Waals surface area contributed by atoms with Gasteiger partial charge in [-0.05, 0) is 0 Å². The SMILES string of the molecule is OC[C@H]1O[C@@](CO)(OC[C@@]2(OC[C@@]3(OC[C@@]4(OC[C@@]5(OC[C@@]6(OC[C@@]7(O[C@H]8O[C@H](CO)[C@@H](O)[C@H](O)[C@H]8O)O[C@H](CO)[C@@H](O)[C@@H]7O)O[C@H](CO)[C@@H](O)[C@@H]6O)O[C@H](CO)[C@@H](O)[C@@H]5O)O[C@H](CO)[C@@H](O)[C@@H]4O)O[C@H](CO)[C@@H](O)[C@@H]3O)O[C@H](CO)[C@@H](O)[C@@H]2O)[C@@H](O)[C@@H]1O. The van der Waals surface area contributed by atoms with E-state index in [1.54, 1.807) is 0 Å². The van der Waals surface area contributed by atoms with Crippen molar-refractivity contribution in [3.05, 3.63) is 0 Å². The van der Waals surface area contributed by atoms with Crippen LogP contribution in [0.15, 0.2) is 0 Å². The van der Waals surface area contributed by atoms with Crippen LogP contribution in [0.3, 0.4) is 0 Å². The molecule has 0 aromatic rings. The van der Waals surface area contributed by atoms with Gasteiger partial charge in [0.1, 0.15) is 199 Å². The van der Waals surface area contributed by atoms with Crippen LogP contribution in [0.5, 0.6) is 0 Å². The molecule has 41 nitrogen and oxygen atoms in total. The van der Waals surface area contributed by atoms with E-state index < -0.39 is 299 Å². The fourth-order valence-corrected chi connectivity index (χ4v) is 11.7. The van der Waals surface area contributed by atoms with Crippen molar-refractivity contribution in [3.63, 3.8) is 0 Å². The highest BCUT2D eigenvalue weighted by atomic mass is 16.9. The number of aliphatic hydroxyl groups is 26. The van der Waals surface area contributed by atoms with Gasteiger partial charge in [0, 0.05) is 0 Å². The Hall–Kier alpha value is -1.64. The van der Waals surface area contributed by atoms with Crippen LogP contribution in [0, 0.1) is 0 Å². The Bertz CT molecular complexity index is 2260. The number of ether oxygens (including phenoxy) is 15. The first-order valence-corrected chi connectivity index (χ1v) is 27.9. The largest absolute Gasteiger partial charge is 0.394 e. The molecule has 0 amide bonds. The Morgan fingerprint density at radius 3 is 0.663 bits per heavy atom. The van der Waals surface area contributed by atoms with Gasteiger partial charge < -0.3 is 204 Å². The summed E-state index contributed by atoms with van der Waals surface area (Å²) in [6, 6.07) is 0. The van der Waals surface area contributed by atoms with Gasteiger partial charge in [-0.25, -0.2) is 0 Å². The van der Waals surface area contributed by atoms with Crippen LogP contribution in [0.2, 0.25) is 0 Å². The van der Waals surface area contributed by atoms with Gasteiger partial charge in [-0.2, -0.15) is 0 Å². The molecule has 0 unspecified atom stereocenters. The highest BCUT2D eigenvalue weighted by Crippen LogP contribution is 2.46. The second-order valence-electron chi connectivity index (χ2n) is 22.8. The van der Waals surface area contributed by atoms with Crippen LogP contribution in [0.4, 0.5) is 0 Å². The topological polar surface area (TPSA) is 664 Å². The minimum Gasteiger partial charge on any atom is -0.394 e. The van der Waals surface area contributed by atoms with Gasteiger partial charge in [-0.1, -0.05) is 0 Å². The highest BCUT2D eigenvalue weighted by Gasteiger charge is 2.68. The van der Waals surface area contributed by atoms with E-state index in [9.17, 15) is 133 Å². The van der Waals surface area contributed by atoms with E-state index in [1.807, 2.05) is 0 Å². The molecule has 8 fully saturated rings. The summed E-state index contributed by atoms with van der Waals surface area (Å²) in [4.78, 5) is 0. The third-order valence-corrected chi connectivity index (χ3v) is 17.3. The number of aliphatic hydroxyl groups excluding tert-OH is 26. The van der Waals surface area contributed by atoms with Crippen molar-refractivity contribution in [1.82, 2.24) is 0 Å². The first-order valence-electron chi connectivity index (χ1n) is 27.9. The van der Waals surface area contributed by atoms with Crippen molar-refractivity contribution in [2.24, 2.45) is 0 Å². The summed E-state index contributed by atoms with van der Waals surface area (Å²) in [6.45, 7) is -18.4. The molecule has 0 aromatic heterocycles. The quantitative estimate of drug-likeness (QED) is 0.0331. The normalized spacial score (nSPS) is 52.7. The molecule has 33 atom stereocenters. The average Bonchev–Trinajstić information content (AvgIpc) is 2.66. The summed E-state index contributed by atoms with van der Waals surface area (Å²) >= 11 is 0. The van der Waals surface area contributed by atoms with Crippen LogP contribution in [-0.4, -0.2) is 431 Å². The van der Waals surface area contributed by atoms with Gasteiger partial charge in [-0.15, -0.1) is 0 Å². The molecular formula is C48H82O41. The predicted molar refractivity (Wildman–Crippen MR) is 265 cm³/mol. The first-order chi connectivity index (χ1) is 42.0. The zero-order valence-electron chi connectivity index (χ0n) is 46.9. The number of hydrogen-bond acceptors (Lipinski definition) is 41. The van der Waals surface area contributed by atoms with Crippen molar-refractivity contribution in [2.45, 2.75) is 199 Å². The van der Waals surface area contributed by atoms with Crippen LogP contribution in [-0.2, 0) is 71.1 Å². The van der Waals surface area contributed by atoms with Crippen molar-refractivity contribution < 1.29 is 204 Å².